The second kappa shape index (κ2) is 8.40. The first-order valence-corrected chi connectivity index (χ1v) is 10.4. The van der Waals surface area contributed by atoms with Crippen LogP contribution < -0.4 is 10.6 Å². The Labute approximate surface area is 186 Å². The predicted octanol–water partition coefficient (Wildman–Crippen LogP) is 5.69. The number of anilines is 1. The molecule has 2 N–H and O–H groups in total. The molecule has 0 spiro atoms. The van der Waals surface area contributed by atoms with Crippen LogP contribution in [0.3, 0.4) is 0 Å². The van der Waals surface area contributed by atoms with Crippen molar-refractivity contribution in [3.63, 3.8) is 0 Å². The minimum absolute atomic E-state index is 0.128. The van der Waals surface area contributed by atoms with Crippen LogP contribution in [0.4, 0.5) is 10.5 Å². The Hall–Kier alpha value is -3.38. The number of halogens is 1. The summed E-state index contributed by atoms with van der Waals surface area (Å²) in [5.41, 5.74) is 4.06. The van der Waals surface area contributed by atoms with Crippen molar-refractivity contribution in [1.29, 1.82) is 0 Å². The zero-order chi connectivity index (χ0) is 22.0. The molecule has 6 nitrogen and oxygen atoms in total. The highest BCUT2D eigenvalue weighted by Crippen LogP contribution is 2.25. The van der Waals surface area contributed by atoms with Crippen LogP contribution in [0.25, 0.3) is 16.6 Å². The van der Waals surface area contributed by atoms with Gasteiger partial charge in [0, 0.05) is 22.0 Å². The fourth-order valence-electron chi connectivity index (χ4n) is 3.29. The molecule has 0 bridgehead atoms. The molecule has 0 unspecified atom stereocenters. The maximum Gasteiger partial charge on any atom is 0.319 e. The van der Waals surface area contributed by atoms with Gasteiger partial charge in [0.15, 0.2) is 0 Å². The van der Waals surface area contributed by atoms with E-state index in [1.807, 2.05) is 65.3 Å². The molecule has 0 atom stereocenters. The topological polar surface area (TPSA) is 71.8 Å². The number of urea groups is 1. The van der Waals surface area contributed by atoms with Gasteiger partial charge in [-0.2, -0.15) is 5.10 Å². The molecular weight excluding hydrogens is 410 g/mol. The van der Waals surface area contributed by atoms with Crippen molar-refractivity contribution in [2.24, 2.45) is 0 Å². The van der Waals surface area contributed by atoms with E-state index >= 15 is 0 Å². The van der Waals surface area contributed by atoms with E-state index in [2.05, 4.69) is 36.4 Å². The largest absolute Gasteiger partial charge is 0.332 e. The average Bonchev–Trinajstić information content (AvgIpc) is 3.17. The normalized spacial score (nSPS) is 11.5. The minimum Gasteiger partial charge on any atom is -0.332 e. The highest BCUT2D eigenvalue weighted by atomic mass is 35.5. The fraction of sp³-hybridized carbons (Fsp3) is 0.208. The Balaban J connectivity index is 1.56. The summed E-state index contributed by atoms with van der Waals surface area (Å²) in [4.78, 5) is 17.0. The number of hydrogen-bond acceptors (Lipinski definition) is 3. The summed E-state index contributed by atoms with van der Waals surface area (Å²) in [6, 6.07) is 18.6. The Kier molecular flexibility index (Phi) is 5.65. The van der Waals surface area contributed by atoms with E-state index in [4.69, 9.17) is 16.7 Å². The first-order valence-electron chi connectivity index (χ1n) is 10.1. The third-order valence-corrected chi connectivity index (χ3v) is 5.16. The van der Waals surface area contributed by atoms with Crippen LogP contribution in [0.15, 0.2) is 66.9 Å². The molecule has 31 heavy (non-hydrogen) atoms. The van der Waals surface area contributed by atoms with Gasteiger partial charge in [-0.1, -0.05) is 44.5 Å². The second-order valence-corrected chi connectivity index (χ2v) is 8.78. The quantitative estimate of drug-likeness (QED) is 0.434. The second-order valence-electron chi connectivity index (χ2n) is 8.35. The molecule has 0 saturated carbocycles. The standard InChI is InChI=1S/C24H24ClN5O/c1-24(2,3)22-14-18(30(29-22)17-8-4-7-16(25)13-17)15-27-23(31)28-21-11-5-10-20-19(21)9-6-12-26-20/h4-14H,15H2,1-3H3,(H2,27,28,31). The highest BCUT2D eigenvalue weighted by molar-refractivity contribution is 6.30. The molecule has 0 fully saturated rings. The minimum atomic E-state index is -0.299. The number of amides is 2. The molecule has 0 aliphatic heterocycles. The number of rotatable bonds is 4. The van der Waals surface area contributed by atoms with Crippen molar-refractivity contribution in [3.05, 3.63) is 83.3 Å². The van der Waals surface area contributed by atoms with Crippen LogP contribution in [0.5, 0.6) is 0 Å². The van der Waals surface area contributed by atoms with Crippen molar-refractivity contribution >= 4 is 34.2 Å². The van der Waals surface area contributed by atoms with E-state index in [0.29, 0.717) is 17.3 Å². The molecule has 4 rings (SSSR count). The van der Waals surface area contributed by atoms with Crippen molar-refractivity contribution in [1.82, 2.24) is 20.1 Å². The van der Waals surface area contributed by atoms with Gasteiger partial charge >= 0.3 is 6.03 Å². The molecule has 4 aromatic rings. The number of carbonyl (C=O) groups excluding carboxylic acids is 1. The van der Waals surface area contributed by atoms with Crippen LogP contribution in [-0.4, -0.2) is 20.8 Å². The lowest BCUT2D eigenvalue weighted by molar-refractivity contribution is 0.251. The molecule has 2 aromatic carbocycles. The molecule has 0 aliphatic rings. The van der Waals surface area contributed by atoms with Gasteiger partial charge in [0.05, 0.1) is 34.8 Å². The molecule has 0 saturated heterocycles. The van der Waals surface area contributed by atoms with Crippen LogP contribution in [0.2, 0.25) is 5.02 Å². The number of benzene rings is 2. The third kappa shape index (κ3) is 4.70. The highest BCUT2D eigenvalue weighted by Gasteiger charge is 2.21. The number of carbonyl (C=O) groups is 1. The summed E-state index contributed by atoms with van der Waals surface area (Å²) in [6.07, 6.45) is 1.73. The third-order valence-electron chi connectivity index (χ3n) is 4.93. The van der Waals surface area contributed by atoms with Crippen LogP contribution >= 0.6 is 11.6 Å². The van der Waals surface area contributed by atoms with Crippen molar-refractivity contribution in [3.8, 4) is 5.69 Å². The van der Waals surface area contributed by atoms with Gasteiger partial charge in [0.25, 0.3) is 0 Å². The Morgan fingerprint density at radius 3 is 2.65 bits per heavy atom. The molecular formula is C24H24ClN5O. The van der Waals surface area contributed by atoms with Gasteiger partial charge in [-0.25, -0.2) is 9.48 Å². The number of hydrogen-bond donors (Lipinski definition) is 2. The van der Waals surface area contributed by atoms with E-state index in [-0.39, 0.29) is 11.4 Å². The van der Waals surface area contributed by atoms with E-state index in [9.17, 15) is 4.79 Å². The maximum atomic E-state index is 12.6. The van der Waals surface area contributed by atoms with Crippen molar-refractivity contribution < 1.29 is 4.79 Å². The summed E-state index contributed by atoms with van der Waals surface area (Å²) in [7, 11) is 0. The summed E-state index contributed by atoms with van der Waals surface area (Å²) in [6.45, 7) is 6.63. The van der Waals surface area contributed by atoms with Crippen LogP contribution in [-0.2, 0) is 12.0 Å². The predicted molar refractivity (Wildman–Crippen MR) is 125 cm³/mol. The zero-order valence-electron chi connectivity index (χ0n) is 17.7. The number of nitrogens with zero attached hydrogens (tertiary/aromatic N) is 3. The zero-order valence-corrected chi connectivity index (χ0v) is 18.4. The first-order chi connectivity index (χ1) is 14.8. The molecule has 7 heteroatoms. The molecule has 158 valence electrons. The summed E-state index contributed by atoms with van der Waals surface area (Å²) in [5.74, 6) is 0. The number of nitrogens with one attached hydrogen (secondary N) is 2. The van der Waals surface area contributed by atoms with Crippen LogP contribution in [0.1, 0.15) is 32.2 Å². The Morgan fingerprint density at radius 2 is 1.87 bits per heavy atom. The Morgan fingerprint density at radius 1 is 1.06 bits per heavy atom. The average molecular weight is 434 g/mol. The molecule has 0 radical (unpaired) electrons. The lowest BCUT2D eigenvalue weighted by atomic mass is 9.92. The lowest BCUT2D eigenvalue weighted by Gasteiger charge is -2.14. The summed E-state index contributed by atoms with van der Waals surface area (Å²) in [5, 5.41) is 12.2. The van der Waals surface area contributed by atoms with Gasteiger partial charge < -0.3 is 10.6 Å². The first kappa shape index (κ1) is 20.9. The van der Waals surface area contributed by atoms with Gasteiger partial charge in [-0.05, 0) is 48.5 Å². The van der Waals surface area contributed by atoms with Crippen molar-refractivity contribution in [2.75, 3.05) is 5.32 Å². The van der Waals surface area contributed by atoms with E-state index in [1.54, 1.807) is 6.20 Å². The number of pyridine rings is 1. The Bertz CT molecular complexity index is 1240. The monoisotopic (exact) mass is 433 g/mol. The fourth-order valence-corrected chi connectivity index (χ4v) is 3.48. The lowest BCUT2D eigenvalue weighted by Crippen LogP contribution is -2.29. The van der Waals surface area contributed by atoms with Gasteiger partial charge in [-0.3, -0.25) is 4.98 Å². The summed E-state index contributed by atoms with van der Waals surface area (Å²) < 4.78 is 1.83. The molecule has 2 amide bonds. The van der Waals surface area contributed by atoms with Gasteiger partial charge in [0.2, 0.25) is 0 Å². The molecule has 2 aromatic heterocycles. The smallest absolute Gasteiger partial charge is 0.319 e. The van der Waals surface area contributed by atoms with E-state index in [0.717, 1.165) is 28.0 Å². The molecule has 0 aliphatic carbocycles. The van der Waals surface area contributed by atoms with Gasteiger partial charge in [0.1, 0.15) is 0 Å². The maximum absolute atomic E-state index is 12.6. The van der Waals surface area contributed by atoms with Crippen molar-refractivity contribution in [2.45, 2.75) is 32.7 Å². The van der Waals surface area contributed by atoms with E-state index in [1.165, 1.54) is 0 Å². The number of aromatic nitrogens is 3. The summed E-state index contributed by atoms with van der Waals surface area (Å²) >= 11 is 6.18. The van der Waals surface area contributed by atoms with Crippen LogP contribution in [0, 0.1) is 0 Å². The SMILES string of the molecule is CC(C)(C)c1cc(CNC(=O)Nc2cccc3ncccc23)n(-c2cccc(Cl)c2)n1. The molecule has 2 heterocycles. The number of fused-ring (bicyclic) bond motifs is 1. The van der Waals surface area contributed by atoms with Gasteiger partial charge in [-0.15, -0.1) is 0 Å². The van der Waals surface area contributed by atoms with E-state index < -0.39 is 0 Å².